The van der Waals surface area contributed by atoms with E-state index in [-0.39, 0.29) is 0 Å². The molecule has 138 valence electrons. The number of nitrogens with one attached hydrogen (secondary N) is 1. The highest BCUT2D eigenvalue weighted by Gasteiger charge is 2.31. The fourth-order valence-corrected chi connectivity index (χ4v) is 3.92. The summed E-state index contributed by atoms with van der Waals surface area (Å²) in [6, 6.07) is 16.8. The van der Waals surface area contributed by atoms with Gasteiger partial charge in [-0.15, -0.1) is 11.3 Å². The molecule has 4 aromatic rings. The highest BCUT2D eigenvalue weighted by molar-refractivity contribution is 7.14. The van der Waals surface area contributed by atoms with Crippen molar-refractivity contribution >= 4 is 39.3 Å². The number of para-hydroxylation sites is 1. The van der Waals surface area contributed by atoms with Crippen molar-refractivity contribution in [1.29, 1.82) is 0 Å². The molecule has 28 heavy (non-hydrogen) atoms. The quantitative estimate of drug-likeness (QED) is 0.528. The third kappa shape index (κ3) is 2.95. The molecule has 5 rings (SSSR count). The Morgan fingerprint density at radius 2 is 1.96 bits per heavy atom. The van der Waals surface area contributed by atoms with Crippen LogP contribution in [0.3, 0.4) is 0 Å². The molecule has 0 fully saturated rings. The molecule has 0 unspecified atom stereocenters. The summed E-state index contributed by atoms with van der Waals surface area (Å²) in [4.78, 5) is 29.1. The maximum Gasteiger partial charge on any atom is 0.339 e. The molecule has 1 N–H and O–H groups in total. The van der Waals surface area contributed by atoms with Gasteiger partial charge in [-0.1, -0.05) is 36.4 Å². The van der Waals surface area contributed by atoms with Gasteiger partial charge in [-0.25, -0.2) is 9.78 Å². The molecule has 0 radical (unpaired) electrons. The minimum Gasteiger partial charge on any atom is -0.454 e. The lowest BCUT2D eigenvalue weighted by Gasteiger charge is -2.23. The van der Waals surface area contributed by atoms with E-state index < -0.39 is 18.0 Å². The highest BCUT2D eigenvalue weighted by Crippen LogP contribution is 2.30. The maximum atomic E-state index is 12.6. The zero-order chi connectivity index (χ0) is 19.1. The largest absolute Gasteiger partial charge is 0.454 e. The van der Waals surface area contributed by atoms with Gasteiger partial charge in [-0.2, -0.15) is 0 Å². The number of carbonyl (C=O) groups is 2. The first-order valence-corrected chi connectivity index (χ1v) is 9.59. The summed E-state index contributed by atoms with van der Waals surface area (Å²) >= 11 is 1.29. The van der Waals surface area contributed by atoms with Crippen LogP contribution in [0.15, 0.2) is 64.4 Å². The van der Waals surface area contributed by atoms with Crippen LogP contribution in [0, 0.1) is 0 Å². The Balaban J connectivity index is 1.33. The number of carbonyl (C=O) groups excluding carboxylic acids is 2. The molecule has 1 aliphatic heterocycles. The molecule has 6 nitrogen and oxygen atoms in total. The summed E-state index contributed by atoms with van der Waals surface area (Å²) in [6.07, 6.45) is -0.531. The van der Waals surface area contributed by atoms with Gasteiger partial charge in [0.25, 0.3) is 5.91 Å². The first-order chi connectivity index (χ1) is 13.7. The zero-order valence-electron chi connectivity index (χ0n) is 14.5. The number of esters is 1. The van der Waals surface area contributed by atoms with E-state index in [1.165, 1.54) is 11.3 Å². The average Bonchev–Trinajstić information content (AvgIpc) is 3.34. The van der Waals surface area contributed by atoms with Crippen molar-refractivity contribution in [2.45, 2.75) is 12.5 Å². The van der Waals surface area contributed by atoms with Gasteiger partial charge in [0.15, 0.2) is 17.0 Å². The van der Waals surface area contributed by atoms with E-state index >= 15 is 0 Å². The number of thiazole rings is 1. The third-order valence-electron chi connectivity index (χ3n) is 4.60. The molecule has 2 aromatic heterocycles. The van der Waals surface area contributed by atoms with E-state index in [2.05, 4.69) is 10.3 Å². The molecule has 1 aliphatic rings. The molecule has 2 aromatic carbocycles. The molecule has 0 bridgehead atoms. The van der Waals surface area contributed by atoms with Crippen molar-refractivity contribution < 1.29 is 18.7 Å². The van der Waals surface area contributed by atoms with Crippen molar-refractivity contribution in [3.63, 3.8) is 0 Å². The normalized spacial score (nSPS) is 15.9. The van der Waals surface area contributed by atoms with Crippen molar-refractivity contribution in [2.24, 2.45) is 0 Å². The number of hydrogen-bond donors (Lipinski definition) is 1. The van der Waals surface area contributed by atoms with E-state index in [9.17, 15) is 9.59 Å². The Morgan fingerprint density at radius 3 is 2.86 bits per heavy atom. The van der Waals surface area contributed by atoms with Gasteiger partial charge in [0, 0.05) is 17.2 Å². The minimum absolute atomic E-state index is 0.343. The Bertz CT molecular complexity index is 1180. The van der Waals surface area contributed by atoms with E-state index in [0.717, 1.165) is 16.5 Å². The van der Waals surface area contributed by atoms with Crippen LogP contribution in [0.2, 0.25) is 0 Å². The van der Waals surface area contributed by atoms with Crippen LogP contribution in [0.1, 0.15) is 15.9 Å². The Hall–Kier alpha value is -3.45. The van der Waals surface area contributed by atoms with Gasteiger partial charge in [0.05, 0.1) is 5.56 Å². The molecule has 1 atom stereocenters. The molecule has 1 amide bonds. The van der Waals surface area contributed by atoms with Crippen molar-refractivity contribution in [3.05, 3.63) is 71.1 Å². The molecule has 0 aliphatic carbocycles. The molecular formula is C21H14N2O4S. The number of cyclic esters (lactones) is 1. The van der Waals surface area contributed by atoms with E-state index in [0.29, 0.717) is 28.6 Å². The lowest BCUT2D eigenvalue weighted by atomic mass is 9.98. The number of aromatic nitrogens is 1. The lowest BCUT2D eigenvalue weighted by Crippen LogP contribution is -2.37. The predicted molar refractivity (Wildman–Crippen MR) is 105 cm³/mol. The van der Waals surface area contributed by atoms with Crippen LogP contribution in [0.25, 0.3) is 22.4 Å². The van der Waals surface area contributed by atoms with Gasteiger partial charge in [-0.05, 0) is 23.8 Å². The molecule has 3 heterocycles. The van der Waals surface area contributed by atoms with Gasteiger partial charge < -0.3 is 9.15 Å². The van der Waals surface area contributed by atoms with Crippen molar-refractivity contribution in [2.75, 3.05) is 5.32 Å². The topological polar surface area (TPSA) is 81.4 Å². The second kappa shape index (κ2) is 6.61. The molecule has 0 saturated heterocycles. The van der Waals surface area contributed by atoms with Gasteiger partial charge in [0.1, 0.15) is 11.3 Å². The van der Waals surface area contributed by atoms with Crippen LogP contribution in [-0.2, 0) is 16.0 Å². The number of nitrogens with zero attached hydrogens (tertiary/aromatic N) is 1. The fraction of sp³-hybridized carbons (Fsp3) is 0.0952. The van der Waals surface area contributed by atoms with E-state index in [1.54, 1.807) is 12.1 Å². The summed E-state index contributed by atoms with van der Waals surface area (Å²) in [5.41, 5.74) is 2.74. The fourth-order valence-electron chi connectivity index (χ4n) is 3.22. The van der Waals surface area contributed by atoms with Gasteiger partial charge in [-0.3, -0.25) is 10.1 Å². The SMILES string of the molecule is O=C1O[C@@H](C(=O)Nc2nc(-c3cc4ccccc4o3)cs2)Cc2ccccc21. The van der Waals surface area contributed by atoms with Gasteiger partial charge >= 0.3 is 5.97 Å². The molecular weight excluding hydrogens is 376 g/mol. The predicted octanol–water partition coefficient (Wildman–Crippen LogP) is 4.28. The number of ether oxygens (including phenoxy) is 1. The number of hydrogen-bond acceptors (Lipinski definition) is 6. The smallest absolute Gasteiger partial charge is 0.339 e. The lowest BCUT2D eigenvalue weighted by molar-refractivity contribution is -0.125. The van der Waals surface area contributed by atoms with Crippen LogP contribution < -0.4 is 5.32 Å². The highest BCUT2D eigenvalue weighted by atomic mass is 32.1. The second-order valence-corrected chi connectivity index (χ2v) is 7.29. The maximum absolute atomic E-state index is 12.6. The number of amides is 1. The Morgan fingerprint density at radius 1 is 1.14 bits per heavy atom. The van der Waals surface area contributed by atoms with Crippen LogP contribution in [-0.4, -0.2) is 23.0 Å². The number of fused-ring (bicyclic) bond motifs is 2. The summed E-state index contributed by atoms with van der Waals surface area (Å²) in [5.74, 6) is -0.242. The number of anilines is 1. The van der Waals surface area contributed by atoms with Gasteiger partial charge in [0.2, 0.25) is 0 Å². The molecule has 0 spiro atoms. The standard InChI is InChI=1S/C21H14N2O4S/c24-19(18-9-12-5-1-3-7-14(12)20(25)27-18)23-21-22-15(11-28-21)17-10-13-6-2-4-8-16(13)26-17/h1-8,10-11,18H,9H2,(H,22,23,24)/t18-/m1/s1. The summed E-state index contributed by atoms with van der Waals surface area (Å²) in [6.45, 7) is 0. The summed E-state index contributed by atoms with van der Waals surface area (Å²) < 4.78 is 11.1. The number of benzene rings is 2. The van der Waals surface area contributed by atoms with Crippen molar-refractivity contribution in [1.82, 2.24) is 4.98 Å². The Labute approximate surface area is 163 Å². The summed E-state index contributed by atoms with van der Waals surface area (Å²) in [7, 11) is 0. The first-order valence-electron chi connectivity index (χ1n) is 8.71. The molecule has 0 saturated carbocycles. The van der Waals surface area contributed by atoms with Crippen LogP contribution >= 0.6 is 11.3 Å². The van der Waals surface area contributed by atoms with Crippen molar-refractivity contribution in [3.8, 4) is 11.5 Å². The minimum atomic E-state index is -0.874. The van der Waals surface area contributed by atoms with Crippen LogP contribution in [0.5, 0.6) is 0 Å². The number of furan rings is 1. The zero-order valence-corrected chi connectivity index (χ0v) is 15.4. The monoisotopic (exact) mass is 390 g/mol. The Kier molecular flexibility index (Phi) is 3.95. The molecule has 7 heteroatoms. The van der Waals surface area contributed by atoms with E-state index in [1.807, 2.05) is 47.8 Å². The number of rotatable bonds is 3. The first kappa shape index (κ1) is 16.7. The van der Waals surface area contributed by atoms with E-state index in [4.69, 9.17) is 9.15 Å². The summed E-state index contributed by atoms with van der Waals surface area (Å²) in [5, 5.41) is 5.97. The second-order valence-electron chi connectivity index (χ2n) is 6.43. The third-order valence-corrected chi connectivity index (χ3v) is 5.35. The average molecular weight is 390 g/mol. The van der Waals surface area contributed by atoms with Crippen LogP contribution in [0.4, 0.5) is 5.13 Å².